The number of amides is 1. The Balaban J connectivity index is 3.28. The summed E-state index contributed by atoms with van der Waals surface area (Å²) >= 11 is 0. The normalized spacial score (nSPS) is 12.4. The summed E-state index contributed by atoms with van der Waals surface area (Å²) in [7, 11) is 0. The van der Waals surface area contributed by atoms with Crippen LogP contribution in [0.25, 0.3) is 0 Å². The average molecular weight is 1090 g/mol. The molecule has 0 heterocycles. The van der Waals surface area contributed by atoms with Gasteiger partial charge in [0.2, 0.25) is 5.91 Å². The quantitative estimate of drug-likeness (QED) is 0.0417. The number of nitrogens with one attached hydrogen (secondary N) is 1. The SMILES string of the molecule is CCCCCCCCCCCCCCCCCCCC(=O)OCCCCCCCCCCCCCCCCCCCCCCCCCCCCCCCCCC(=O)NC(CO)C(O)CCCCCCCCCCCCCC. The molecular weight excluding hydrogens is 947 g/mol. The summed E-state index contributed by atoms with van der Waals surface area (Å²) < 4.78 is 5.51. The highest BCUT2D eigenvalue weighted by atomic mass is 16.5. The summed E-state index contributed by atoms with van der Waals surface area (Å²) in [5.41, 5.74) is 0. The predicted molar refractivity (Wildman–Crippen MR) is 338 cm³/mol. The second-order valence-electron chi connectivity index (χ2n) is 24.9. The lowest BCUT2D eigenvalue weighted by molar-refractivity contribution is -0.143. The van der Waals surface area contributed by atoms with Crippen LogP contribution in [0.1, 0.15) is 418 Å². The van der Waals surface area contributed by atoms with Gasteiger partial charge in [0.05, 0.1) is 25.4 Å². The smallest absolute Gasteiger partial charge is 0.305 e. The van der Waals surface area contributed by atoms with Gasteiger partial charge in [0, 0.05) is 12.8 Å². The molecule has 0 aromatic carbocycles. The number of hydrogen-bond donors (Lipinski definition) is 3. The highest BCUT2D eigenvalue weighted by Crippen LogP contribution is 2.20. The summed E-state index contributed by atoms with van der Waals surface area (Å²) in [5.74, 6) is -0.00258. The Bertz CT molecular complexity index is 1120. The van der Waals surface area contributed by atoms with Crippen LogP contribution >= 0.6 is 0 Å². The van der Waals surface area contributed by atoms with E-state index in [2.05, 4.69) is 19.2 Å². The molecule has 6 nitrogen and oxygen atoms in total. The minimum absolute atomic E-state index is 0.0258. The summed E-state index contributed by atoms with van der Waals surface area (Å²) in [6.07, 6.45) is 81.7. The van der Waals surface area contributed by atoms with Gasteiger partial charge in [-0.25, -0.2) is 0 Å². The second-order valence-corrected chi connectivity index (χ2v) is 24.9. The van der Waals surface area contributed by atoms with Gasteiger partial charge in [-0.1, -0.05) is 380 Å². The molecule has 0 spiro atoms. The number of unbranched alkanes of at least 4 members (excludes halogenated alkanes) is 57. The first-order valence-electron chi connectivity index (χ1n) is 35.8. The van der Waals surface area contributed by atoms with E-state index >= 15 is 0 Å². The average Bonchev–Trinajstić information content (AvgIpc) is 3.43. The van der Waals surface area contributed by atoms with Crippen LogP contribution in [0.3, 0.4) is 0 Å². The maximum atomic E-state index is 12.5. The third-order valence-corrected chi connectivity index (χ3v) is 17.2. The molecule has 1 amide bonds. The van der Waals surface area contributed by atoms with Gasteiger partial charge in [-0.2, -0.15) is 0 Å². The molecule has 77 heavy (non-hydrogen) atoms. The lowest BCUT2D eigenvalue weighted by atomic mass is 10.0. The van der Waals surface area contributed by atoms with E-state index in [0.717, 1.165) is 38.5 Å². The van der Waals surface area contributed by atoms with E-state index in [1.807, 2.05) is 0 Å². The number of ether oxygens (including phenoxy) is 1. The molecule has 0 saturated heterocycles. The van der Waals surface area contributed by atoms with E-state index in [0.29, 0.717) is 25.9 Å². The first-order valence-corrected chi connectivity index (χ1v) is 35.8. The molecule has 0 fully saturated rings. The number of carbonyl (C=O) groups excluding carboxylic acids is 2. The molecule has 0 radical (unpaired) electrons. The zero-order chi connectivity index (χ0) is 55.7. The van der Waals surface area contributed by atoms with Crippen molar-refractivity contribution >= 4 is 11.9 Å². The summed E-state index contributed by atoms with van der Waals surface area (Å²) in [5, 5.41) is 23.3. The highest BCUT2D eigenvalue weighted by Gasteiger charge is 2.20. The van der Waals surface area contributed by atoms with Crippen LogP contribution in [-0.4, -0.2) is 47.4 Å². The van der Waals surface area contributed by atoms with Crippen LogP contribution < -0.4 is 5.32 Å². The number of rotatable bonds is 68. The Labute approximate surface area is 483 Å². The predicted octanol–water partition coefficient (Wildman–Crippen LogP) is 23.0. The lowest BCUT2D eigenvalue weighted by Gasteiger charge is -2.22. The van der Waals surface area contributed by atoms with Gasteiger partial charge in [0.15, 0.2) is 0 Å². The van der Waals surface area contributed by atoms with Crippen molar-refractivity contribution in [3.63, 3.8) is 0 Å². The summed E-state index contributed by atoms with van der Waals surface area (Å²) in [6.45, 7) is 5.00. The molecule has 0 aliphatic rings. The van der Waals surface area contributed by atoms with Gasteiger partial charge in [-0.15, -0.1) is 0 Å². The van der Waals surface area contributed by atoms with Crippen LogP contribution in [0.4, 0.5) is 0 Å². The maximum absolute atomic E-state index is 12.5. The van der Waals surface area contributed by atoms with E-state index in [1.165, 1.54) is 347 Å². The van der Waals surface area contributed by atoms with Gasteiger partial charge in [-0.3, -0.25) is 9.59 Å². The monoisotopic (exact) mass is 1090 g/mol. The number of esters is 1. The summed E-state index contributed by atoms with van der Waals surface area (Å²) in [4.78, 5) is 24.6. The van der Waals surface area contributed by atoms with Crippen LogP contribution in [0.15, 0.2) is 0 Å². The fraction of sp³-hybridized carbons (Fsp3) is 0.972. The minimum atomic E-state index is -0.659. The number of hydrogen-bond acceptors (Lipinski definition) is 5. The molecule has 0 bridgehead atoms. The van der Waals surface area contributed by atoms with Gasteiger partial charge in [0.1, 0.15) is 0 Å². The van der Waals surface area contributed by atoms with Crippen molar-refractivity contribution in [3.8, 4) is 0 Å². The number of aliphatic hydroxyl groups is 2. The van der Waals surface area contributed by atoms with Gasteiger partial charge in [-0.05, 0) is 25.7 Å². The number of carbonyl (C=O) groups is 2. The second kappa shape index (κ2) is 67.4. The first kappa shape index (κ1) is 75.9. The van der Waals surface area contributed by atoms with Gasteiger partial charge < -0.3 is 20.3 Å². The molecule has 460 valence electrons. The maximum Gasteiger partial charge on any atom is 0.305 e. The van der Waals surface area contributed by atoms with E-state index in [1.54, 1.807) is 0 Å². The fourth-order valence-corrected chi connectivity index (χ4v) is 11.7. The zero-order valence-electron chi connectivity index (χ0n) is 52.7. The third kappa shape index (κ3) is 63.9. The molecule has 0 aromatic rings. The van der Waals surface area contributed by atoms with Crippen molar-refractivity contribution in [1.82, 2.24) is 5.32 Å². The molecule has 0 aliphatic heterocycles. The molecule has 0 aliphatic carbocycles. The largest absolute Gasteiger partial charge is 0.466 e. The fourth-order valence-electron chi connectivity index (χ4n) is 11.7. The Morgan fingerprint density at radius 3 is 0.792 bits per heavy atom. The molecule has 0 saturated carbocycles. The minimum Gasteiger partial charge on any atom is -0.466 e. The molecule has 0 aromatic heterocycles. The molecule has 6 heteroatoms. The third-order valence-electron chi connectivity index (χ3n) is 17.2. The molecule has 2 unspecified atom stereocenters. The van der Waals surface area contributed by atoms with Crippen molar-refractivity contribution in [1.29, 1.82) is 0 Å². The van der Waals surface area contributed by atoms with Crippen molar-refractivity contribution in [2.75, 3.05) is 13.2 Å². The molecule has 0 rings (SSSR count). The van der Waals surface area contributed by atoms with Crippen LogP contribution in [0.2, 0.25) is 0 Å². The van der Waals surface area contributed by atoms with Crippen molar-refractivity contribution in [2.24, 2.45) is 0 Å². The lowest BCUT2D eigenvalue weighted by Crippen LogP contribution is -2.45. The standard InChI is InChI=1S/C71H141NO5/c1-3-5-7-9-11-13-15-17-18-34-38-41-45-49-53-57-61-65-71(76)77-66-62-58-54-50-46-42-39-36-33-31-29-27-25-23-21-19-20-22-24-26-28-30-32-35-37-40-44-48-52-56-60-64-70(75)72-68(67-73)69(74)63-59-55-51-47-43-16-14-12-10-8-6-4-2/h68-69,73-74H,3-67H2,1-2H3,(H,72,75). The van der Waals surface area contributed by atoms with E-state index in [9.17, 15) is 19.8 Å². The zero-order valence-corrected chi connectivity index (χ0v) is 52.7. The topological polar surface area (TPSA) is 95.9 Å². The van der Waals surface area contributed by atoms with Crippen molar-refractivity contribution in [2.45, 2.75) is 431 Å². The molecular formula is C71H141NO5. The molecule has 3 N–H and O–H groups in total. The van der Waals surface area contributed by atoms with Crippen molar-refractivity contribution in [3.05, 3.63) is 0 Å². The highest BCUT2D eigenvalue weighted by molar-refractivity contribution is 5.76. The summed E-state index contributed by atoms with van der Waals surface area (Å²) in [6, 6.07) is -0.536. The van der Waals surface area contributed by atoms with Gasteiger partial charge in [0.25, 0.3) is 0 Å². The molecule has 2 atom stereocenters. The Morgan fingerprint density at radius 1 is 0.312 bits per heavy atom. The van der Waals surface area contributed by atoms with E-state index in [-0.39, 0.29) is 18.5 Å². The van der Waals surface area contributed by atoms with Crippen LogP contribution in [-0.2, 0) is 14.3 Å². The van der Waals surface area contributed by atoms with Gasteiger partial charge >= 0.3 is 5.97 Å². The van der Waals surface area contributed by atoms with Crippen LogP contribution in [0.5, 0.6) is 0 Å². The van der Waals surface area contributed by atoms with E-state index < -0.39 is 12.1 Å². The first-order chi connectivity index (χ1) is 38.0. The van der Waals surface area contributed by atoms with Crippen LogP contribution in [0, 0.1) is 0 Å². The Morgan fingerprint density at radius 2 is 0.532 bits per heavy atom. The Kier molecular flexibility index (Phi) is 66.4. The van der Waals surface area contributed by atoms with Crippen molar-refractivity contribution < 1.29 is 24.5 Å². The number of aliphatic hydroxyl groups excluding tert-OH is 2. The van der Waals surface area contributed by atoms with E-state index in [4.69, 9.17) is 4.74 Å². The Hall–Kier alpha value is -1.14.